The van der Waals surface area contributed by atoms with Gasteiger partial charge in [0.05, 0.1) is 0 Å². The Hall–Kier alpha value is -0.110. The first-order chi connectivity index (χ1) is 4.81. The zero-order chi connectivity index (χ0) is 7.14. The van der Waals surface area contributed by atoms with Crippen molar-refractivity contribution in [2.24, 2.45) is 23.5 Å². The van der Waals surface area contributed by atoms with Crippen LogP contribution in [0.3, 0.4) is 0 Å². The van der Waals surface area contributed by atoms with E-state index in [-0.39, 0.29) is 0 Å². The maximum Gasteiger partial charge on any atom is 0.101 e. The van der Waals surface area contributed by atoms with Gasteiger partial charge in [-0.1, -0.05) is 0 Å². The largest absolute Gasteiger partial charge is 0.330 e. The number of rotatable bonds is 1. The lowest BCUT2D eigenvalue weighted by Crippen LogP contribution is -2.37. The number of nitrogens with two attached hydrogens (primary N) is 1. The second-order valence-corrected chi connectivity index (χ2v) is 3.72. The molecule has 2 rings (SSSR count). The smallest absolute Gasteiger partial charge is 0.101 e. The molecule has 4 unspecified atom stereocenters. The fraction of sp³-hybridized carbons (Fsp3) is 1.00. The third-order valence-corrected chi connectivity index (χ3v) is 3.21. The number of hydrogen-bond donors (Lipinski definition) is 1. The maximum absolute atomic E-state index is 12.7. The molecule has 10 heavy (non-hydrogen) atoms. The summed E-state index contributed by atoms with van der Waals surface area (Å²) in [6.07, 6.45) is 2.31. The Bertz CT molecular complexity index is 133. The highest BCUT2D eigenvalue weighted by Gasteiger charge is 2.46. The molecule has 1 nitrogen and oxygen atoms in total. The van der Waals surface area contributed by atoms with Crippen LogP contribution in [0.5, 0.6) is 0 Å². The number of alkyl halides is 1. The lowest BCUT2D eigenvalue weighted by Gasteiger charge is -2.39. The molecule has 0 aromatic rings. The molecule has 2 saturated carbocycles. The lowest BCUT2D eigenvalue weighted by molar-refractivity contribution is 0.111. The SMILES string of the molecule is NCC1CC2CC(F)CC12. The molecule has 0 saturated heterocycles. The molecule has 58 valence electrons. The van der Waals surface area contributed by atoms with Gasteiger partial charge in [-0.25, -0.2) is 4.39 Å². The molecule has 0 radical (unpaired) electrons. The van der Waals surface area contributed by atoms with Crippen LogP contribution in [-0.2, 0) is 0 Å². The minimum atomic E-state index is -0.508. The van der Waals surface area contributed by atoms with Crippen molar-refractivity contribution < 1.29 is 4.39 Å². The van der Waals surface area contributed by atoms with E-state index in [0.717, 1.165) is 19.4 Å². The van der Waals surface area contributed by atoms with Crippen LogP contribution < -0.4 is 5.73 Å². The highest BCUT2D eigenvalue weighted by Crippen LogP contribution is 2.51. The van der Waals surface area contributed by atoms with Gasteiger partial charge in [0.25, 0.3) is 0 Å². The molecule has 0 spiro atoms. The molecular weight excluding hydrogens is 129 g/mol. The van der Waals surface area contributed by atoms with Gasteiger partial charge in [-0.3, -0.25) is 0 Å². The van der Waals surface area contributed by atoms with Crippen LogP contribution in [0.25, 0.3) is 0 Å². The summed E-state index contributed by atoms with van der Waals surface area (Å²) >= 11 is 0. The van der Waals surface area contributed by atoms with Gasteiger partial charge in [-0.15, -0.1) is 0 Å². The summed E-state index contributed by atoms with van der Waals surface area (Å²) in [4.78, 5) is 0. The van der Waals surface area contributed by atoms with E-state index in [1.165, 1.54) is 6.42 Å². The molecule has 2 N–H and O–H groups in total. The Morgan fingerprint density at radius 2 is 2.10 bits per heavy atom. The van der Waals surface area contributed by atoms with Crippen LogP contribution >= 0.6 is 0 Å². The van der Waals surface area contributed by atoms with E-state index in [9.17, 15) is 4.39 Å². The Morgan fingerprint density at radius 1 is 1.30 bits per heavy atom. The van der Waals surface area contributed by atoms with Crippen molar-refractivity contribution in [3.63, 3.8) is 0 Å². The Labute approximate surface area is 60.8 Å². The Morgan fingerprint density at radius 3 is 2.70 bits per heavy atom. The van der Waals surface area contributed by atoms with Crippen LogP contribution in [0, 0.1) is 17.8 Å². The van der Waals surface area contributed by atoms with E-state index in [1.54, 1.807) is 0 Å². The van der Waals surface area contributed by atoms with Gasteiger partial charge in [0.15, 0.2) is 0 Å². The monoisotopic (exact) mass is 143 g/mol. The highest BCUT2D eigenvalue weighted by molar-refractivity contribution is 4.96. The summed E-state index contributed by atoms with van der Waals surface area (Å²) in [5.74, 6) is 2.01. The quantitative estimate of drug-likeness (QED) is 0.588. The van der Waals surface area contributed by atoms with Crippen molar-refractivity contribution >= 4 is 0 Å². The summed E-state index contributed by atoms with van der Waals surface area (Å²) < 4.78 is 12.7. The summed E-state index contributed by atoms with van der Waals surface area (Å²) in [6.45, 7) is 0.772. The highest BCUT2D eigenvalue weighted by atomic mass is 19.1. The van der Waals surface area contributed by atoms with Gasteiger partial charge >= 0.3 is 0 Å². The molecule has 2 aliphatic rings. The van der Waals surface area contributed by atoms with Crippen LogP contribution in [0.15, 0.2) is 0 Å². The van der Waals surface area contributed by atoms with E-state index >= 15 is 0 Å². The molecule has 0 bridgehead atoms. The first-order valence-corrected chi connectivity index (χ1v) is 4.15. The topological polar surface area (TPSA) is 26.0 Å². The molecule has 0 aliphatic heterocycles. The minimum absolute atomic E-state index is 0.508. The maximum atomic E-state index is 12.7. The number of halogens is 1. The second-order valence-electron chi connectivity index (χ2n) is 3.72. The van der Waals surface area contributed by atoms with Crippen LogP contribution in [-0.4, -0.2) is 12.7 Å². The molecule has 0 aromatic heterocycles. The summed E-state index contributed by atoms with van der Waals surface area (Å²) in [5.41, 5.74) is 5.51. The van der Waals surface area contributed by atoms with Gasteiger partial charge in [0.1, 0.15) is 6.17 Å². The standard InChI is InChI=1S/C8H14FN/c9-7-2-5-1-6(4-10)8(5)3-7/h5-8H,1-4,10H2. The third-order valence-electron chi connectivity index (χ3n) is 3.21. The van der Waals surface area contributed by atoms with E-state index in [2.05, 4.69) is 0 Å². The van der Waals surface area contributed by atoms with Gasteiger partial charge in [-0.05, 0) is 43.6 Å². The van der Waals surface area contributed by atoms with Crippen LogP contribution in [0.4, 0.5) is 4.39 Å². The molecule has 4 atom stereocenters. The van der Waals surface area contributed by atoms with E-state index in [0.29, 0.717) is 17.8 Å². The van der Waals surface area contributed by atoms with Gasteiger partial charge in [-0.2, -0.15) is 0 Å². The number of hydrogen-bond acceptors (Lipinski definition) is 1. The predicted octanol–water partition coefficient (Wildman–Crippen LogP) is 1.33. The van der Waals surface area contributed by atoms with Crippen molar-refractivity contribution in [2.75, 3.05) is 6.54 Å². The first kappa shape index (κ1) is 6.59. The van der Waals surface area contributed by atoms with Crippen molar-refractivity contribution in [3.8, 4) is 0 Å². The molecule has 2 heteroatoms. The molecule has 0 aromatic carbocycles. The van der Waals surface area contributed by atoms with Crippen LogP contribution in [0.2, 0.25) is 0 Å². The third kappa shape index (κ3) is 0.782. The zero-order valence-electron chi connectivity index (χ0n) is 6.09. The average Bonchev–Trinajstić information content (AvgIpc) is 2.15. The van der Waals surface area contributed by atoms with E-state index < -0.39 is 6.17 Å². The second kappa shape index (κ2) is 2.19. The molecule has 0 amide bonds. The predicted molar refractivity (Wildman–Crippen MR) is 38.3 cm³/mol. The molecule has 0 heterocycles. The van der Waals surface area contributed by atoms with E-state index in [4.69, 9.17) is 5.73 Å². The van der Waals surface area contributed by atoms with Crippen molar-refractivity contribution in [1.82, 2.24) is 0 Å². The first-order valence-electron chi connectivity index (χ1n) is 4.15. The Balaban J connectivity index is 1.93. The van der Waals surface area contributed by atoms with E-state index in [1.807, 2.05) is 0 Å². The average molecular weight is 143 g/mol. The van der Waals surface area contributed by atoms with Gasteiger partial charge in [0, 0.05) is 0 Å². The Kier molecular flexibility index (Phi) is 1.44. The summed E-state index contributed by atoms with van der Waals surface area (Å²) in [6, 6.07) is 0. The van der Waals surface area contributed by atoms with Gasteiger partial charge in [0.2, 0.25) is 0 Å². The van der Waals surface area contributed by atoms with Crippen molar-refractivity contribution in [1.29, 1.82) is 0 Å². The molecule has 2 aliphatic carbocycles. The van der Waals surface area contributed by atoms with Crippen molar-refractivity contribution in [3.05, 3.63) is 0 Å². The molecule has 2 fully saturated rings. The minimum Gasteiger partial charge on any atom is -0.330 e. The van der Waals surface area contributed by atoms with Crippen molar-refractivity contribution in [2.45, 2.75) is 25.4 Å². The summed E-state index contributed by atoms with van der Waals surface area (Å²) in [7, 11) is 0. The lowest BCUT2D eigenvalue weighted by atomic mass is 9.67. The van der Waals surface area contributed by atoms with Gasteiger partial charge < -0.3 is 5.73 Å². The number of fused-ring (bicyclic) bond motifs is 1. The fourth-order valence-electron chi connectivity index (χ4n) is 2.57. The summed E-state index contributed by atoms with van der Waals surface area (Å²) in [5, 5.41) is 0. The zero-order valence-corrected chi connectivity index (χ0v) is 6.09. The normalized spacial score (nSPS) is 52.2. The fourth-order valence-corrected chi connectivity index (χ4v) is 2.57. The molecular formula is C8H14FN. The van der Waals surface area contributed by atoms with Crippen LogP contribution in [0.1, 0.15) is 19.3 Å².